The molecule has 0 bridgehead atoms. The SMILES string of the molecule is CC1OCCC1CNc1ncccc1[N+](=O)[O-]. The standard InChI is InChI=1S/C11H15N3O3/c1-8-9(4-6-17-8)7-13-11-10(14(15)16)3-2-5-12-11/h2-3,5,8-9H,4,6-7H2,1H3,(H,12,13). The van der Waals surface area contributed by atoms with Crippen molar-refractivity contribution in [3.8, 4) is 0 Å². The van der Waals surface area contributed by atoms with Crippen LogP contribution in [0.3, 0.4) is 0 Å². The van der Waals surface area contributed by atoms with E-state index in [1.54, 1.807) is 12.3 Å². The Balaban J connectivity index is 2.01. The molecule has 0 amide bonds. The van der Waals surface area contributed by atoms with Crippen molar-refractivity contribution in [2.24, 2.45) is 5.92 Å². The number of hydrogen-bond acceptors (Lipinski definition) is 5. The highest BCUT2D eigenvalue weighted by atomic mass is 16.6. The second kappa shape index (κ2) is 5.09. The molecule has 0 radical (unpaired) electrons. The summed E-state index contributed by atoms with van der Waals surface area (Å²) in [7, 11) is 0. The van der Waals surface area contributed by atoms with E-state index in [1.807, 2.05) is 6.92 Å². The van der Waals surface area contributed by atoms with Crippen LogP contribution in [-0.4, -0.2) is 29.2 Å². The van der Waals surface area contributed by atoms with Crippen LogP contribution < -0.4 is 5.32 Å². The van der Waals surface area contributed by atoms with Crippen molar-refractivity contribution < 1.29 is 9.66 Å². The van der Waals surface area contributed by atoms with Gasteiger partial charge in [-0.3, -0.25) is 10.1 Å². The lowest BCUT2D eigenvalue weighted by molar-refractivity contribution is -0.384. The Bertz CT molecular complexity index is 411. The molecule has 0 aromatic carbocycles. The molecule has 1 N–H and O–H groups in total. The van der Waals surface area contributed by atoms with Crippen molar-refractivity contribution in [1.29, 1.82) is 0 Å². The van der Waals surface area contributed by atoms with Crippen LogP contribution >= 0.6 is 0 Å². The van der Waals surface area contributed by atoms with Gasteiger partial charge in [0.1, 0.15) is 0 Å². The summed E-state index contributed by atoms with van der Waals surface area (Å²) in [6.45, 7) is 3.43. The molecular weight excluding hydrogens is 222 g/mol. The van der Waals surface area contributed by atoms with Crippen molar-refractivity contribution in [2.45, 2.75) is 19.4 Å². The highest BCUT2D eigenvalue weighted by Crippen LogP contribution is 2.24. The molecule has 1 aliphatic rings. The van der Waals surface area contributed by atoms with Crippen LogP contribution in [0.25, 0.3) is 0 Å². The minimum atomic E-state index is -0.427. The Kier molecular flexibility index (Phi) is 3.53. The molecule has 92 valence electrons. The third kappa shape index (κ3) is 2.71. The Hall–Kier alpha value is -1.69. The molecule has 2 heterocycles. The Labute approximate surface area is 99.2 Å². The number of nitrogens with one attached hydrogen (secondary N) is 1. The fourth-order valence-corrected chi connectivity index (χ4v) is 1.95. The third-order valence-electron chi connectivity index (χ3n) is 3.05. The monoisotopic (exact) mass is 237 g/mol. The van der Waals surface area contributed by atoms with Gasteiger partial charge in [-0.2, -0.15) is 0 Å². The summed E-state index contributed by atoms with van der Waals surface area (Å²) >= 11 is 0. The van der Waals surface area contributed by atoms with E-state index in [0.717, 1.165) is 13.0 Å². The van der Waals surface area contributed by atoms with Gasteiger partial charge in [0.15, 0.2) is 0 Å². The number of hydrogen-bond donors (Lipinski definition) is 1. The maximum atomic E-state index is 10.8. The number of aromatic nitrogens is 1. The first kappa shape index (κ1) is 11.8. The zero-order chi connectivity index (χ0) is 12.3. The summed E-state index contributed by atoms with van der Waals surface area (Å²) in [5, 5.41) is 13.8. The lowest BCUT2D eigenvalue weighted by atomic mass is 10.0. The highest BCUT2D eigenvalue weighted by molar-refractivity contribution is 5.55. The van der Waals surface area contributed by atoms with Gasteiger partial charge in [-0.15, -0.1) is 0 Å². The van der Waals surface area contributed by atoms with Crippen LogP contribution in [-0.2, 0) is 4.74 Å². The number of ether oxygens (including phenoxy) is 1. The molecule has 1 aromatic rings. The summed E-state index contributed by atoms with van der Waals surface area (Å²) in [6, 6.07) is 3.01. The molecule has 0 aliphatic carbocycles. The van der Waals surface area contributed by atoms with Crippen LogP contribution in [0.5, 0.6) is 0 Å². The molecule has 2 rings (SSSR count). The number of nitrogens with zero attached hydrogens (tertiary/aromatic N) is 2. The van der Waals surface area contributed by atoms with Gasteiger partial charge in [-0.05, 0) is 19.4 Å². The van der Waals surface area contributed by atoms with Gasteiger partial charge in [0.2, 0.25) is 5.82 Å². The van der Waals surface area contributed by atoms with E-state index < -0.39 is 4.92 Å². The lowest BCUT2D eigenvalue weighted by Crippen LogP contribution is -2.21. The summed E-state index contributed by atoms with van der Waals surface area (Å²) in [5.41, 5.74) is 0.0130. The van der Waals surface area contributed by atoms with Gasteiger partial charge in [0.25, 0.3) is 0 Å². The van der Waals surface area contributed by atoms with Gasteiger partial charge >= 0.3 is 5.69 Å². The Morgan fingerprint density at radius 3 is 3.18 bits per heavy atom. The van der Waals surface area contributed by atoms with E-state index in [-0.39, 0.29) is 11.8 Å². The largest absolute Gasteiger partial charge is 0.378 e. The molecule has 1 aliphatic heterocycles. The second-order valence-electron chi connectivity index (χ2n) is 4.13. The first-order valence-corrected chi connectivity index (χ1v) is 5.63. The van der Waals surface area contributed by atoms with E-state index in [4.69, 9.17) is 4.74 Å². The van der Waals surface area contributed by atoms with Crippen molar-refractivity contribution >= 4 is 11.5 Å². The van der Waals surface area contributed by atoms with Crippen molar-refractivity contribution in [1.82, 2.24) is 4.98 Å². The summed E-state index contributed by atoms with van der Waals surface area (Å²) in [6.07, 6.45) is 2.73. The molecule has 2 atom stereocenters. The minimum Gasteiger partial charge on any atom is -0.378 e. The predicted molar refractivity (Wildman–Crippen MR) is 62.9 cm³/mol. The molecule has 6 heteroatoms. The van der Waals surface area contributed by atoms with Gasteiger partial charge in [-0.25, -0.2) is 4.98 Å². The fraction of sp³-hybridized carbons (Fsp3) is 0.545. The molecule has 2 unspecified atom stereocenters. The van der Waals surface area contributed by atoms with Crippen LogP contribution in [0.15, 0.2) is 18.3 Å². The van der Waals surface area contributed by atoms with Gasteiger partial charge in [-0.1, -0.05) is 0 Å². The van der Waals surface area contributed by atoms with Crippen LogP contribution in [0.2, 0.25) is 0 Å². The molecule has 1 fully saturated rings. The number of nitro groups is 1. The zero-order valence-corrected chi connectivity index (χ0v) is 9.63. The number of anilines is 1. The maximum Gasteiger partial charge on any atom is 0.311 e. The van der Waals surface area contributed by atoms with E-state index in [9.17, 15) is 10.1 Å². The molecule has 1 saturated heterocycles. The smallest absolute Gasteiger partial charge is 0.311 e. The average molecular weight is 237 g/mol. The summed E-state index contributed by atoms with van der Waals surface area (Å²) < 4.78 is 5.44. The molecule has 1 aromatic heterocycles. The number of rotatable bonds is 4. The normalized spacial score (nSPS) is 23.6. The first-order valence-electron chi connectivity index (χ1n) is 5.63. The molecule has 0 spiro atoms. The van der Waals surface area contributed by atoms with Crippen LogP contribution in [0.1, 0.15) is 13.3 Å². The zero-order valence-electron chi connectivity index (χ0n) is 9.63. The molecule has 6 nitrogen and oxygen atoms in total. The average Bonchev–Trinajstić information content (AvgIpc) is 2.72. The first-order chi connectivity index (χ1) is 8.18. The van der Waals surface area contributed by atoms with Crippen molar-refractivity contribution in [3.05, 3.63) is 28.4 Å². The summed E-state index contributed by atoms with van der Waals surface area (Å²) in [4.78, 5) is 14.3. The van der Waals surface area contributed by atoms with Crippen LogP contribution in [0, 0.1) is 16.0 Å². The van der Waals surface area contributed by atoms with Crippen molar-refractivity contribution in [2.75, 3.05) is 18.5 Å². The second-order valence-corrected chi connectivity index (χ2v) is 4.13. The van der Waals surface area contributed by atoms with Crippen LogP contribution in [0.4, 0.5) is 11.5 Å². The van der Waals surface area contributed by atoms with Crippen molar-refractivity contribution in [3.63, 3.8) is 0 Å². The Morgan fingerprint density at radius 2 is 2.53 bits per heavy atom. The predicted octanol–water partition coefficient (Wildman–Crippen LogP) is 1.83. The molecular formula is C11H15N3O3. The third-order valence-corrected chi connectivity index (χ3v) is 3.05. The fourth-order valence-electron chi connectivity index (χ4n) is 1.95. The lowest BCUT2D eigenvalue weighted by Gasteiger charge is -2.14. The van der Waals surface area contributed by atoms with E-state index in [2.05, 4.69) is 10.3 Å². The van der Waals surface area contributed by atoms with Gasteiger partial charge in [0, 0.05) is 31.3 Å². The minimum absolute atomic E-state index is 0.0130. The highest BCUT2D eigenvalue weighted by Gasteiger charge is 2.25. The number of pyridine rings is 1. The quantitative estimate of drug-likeness (QED) is 0.638. The van der Waals surface area contributed by atoms with Gasteiger partial charge in [0.05, 0.1) is 11.0 Å². The van der Waals surface area contributed by atoms with E-state index in [1.165, 1.54) is 6.07 Å². The topological polar surface area (TPSA) is 77.3 Å². The van der Waals surface area contributed by atoms with E-state index >= 15 is 0 Å². The van der Waals surface area contributed by atoms with E-state index in [0.29, 0.717) is 18.3 Å². The Morgan fingerprint density at radius 1 is 1.71 bits per heavy atom. The molecule has 17 heavy (non-hydrogen) atoms. The van der Waals surface area contributed by atoms with Gasteiger partial charge < -0.3 is 10.1 Å². The molecule has 0 saturated carbocycles. The maximum absolute atomic E-state index is 10.8. The summed E-state index contributed by atoms with van der Waals surface area (Å²) in [5.74, 6) is 0.716.